The van der Waals surface area contributed by atoms with Gasteiger partial charge in [0, 0.05) is 12.1 Å². The maximum absolute atomic E-state index is 13.1. The maximum Gasteiger partial charge on any atom is 0.273 e. The smallest absolute Gasteiger partial charge is 0.273 e. The van der Waals surface area contributed by atoms with E-state index in [1.54, 1.807) is 23.0 Å². The number of carbonyl (C=O) groups excluding carboxylic acids is 1. The summed E-state index contributed by atoms with van der Waals surface area (Å²) in [7, 11) is 0. The van der Waals surface area contributed by atoms with Crippen LogP contribution < -0.4 is 10.9 Å². The van der Waals surface area contributed by atoms with Gasteiger partial charge in [-0.05, 0) is 30.1 Å². The van der Waals surface area contributed by atoms with Gasteiger partial charge in [-0.1, -0.05) is 49.0 Å². The molecule has 0 saturated carbocycles. The first-order valence-corrected chi connectivity index (χ1v) is 11.3. The molecule has 0 radical (unpaired) electrons. The molecule has 0 fully saturated rings. The van der Waals surface area contributed by atoms with Crippen LogP contribution in [-0.4, -0.2) is 25.6 Å². The van der Waals surface area contributed by atoms with Gasteiger partial charge in [-0.3, -0.25) is 14.2 Å². The van der Waals surface area contributed by atoms with E-state index in [1.165, 1.54) is 23.3 Å². The lowest BCUT2D eigenvalue weighted by Crippen LogP contribution is -2.26. The number of amides is 1. The quantitative estimate of drug-likeness (QED) is 0.330. The van der Waals surface area contributed by atoms with Crippen molar-refractivity contribution in [2.75, 3.05) is 5.75 Å². The van der Waals surface area contributed by atoms with Crippen LogP contribution in [0, 0.1) is 0 Å². The Kier molecular flexibility index (Phi) is 6.29. The Hall–Kier alpha value is -2.91. The second-order valence-corrected chi connectivity index (χ2v) is 8.29. The Balaban J connectivity index is 1.61. The largest absolute Gasteiger partial charge is 0.467 e. The van der Waals surface area contributed by atoms with Gasteiger partial charge in [0.05, 0.1) is 18.6 Å². The molecule has 7 nitrogen and oxygen atoms in total. The third kappa shape index (κ3) is 4.31. The van der Waals surface area contributed by atoms with Gasteiger partial charge < -0.3 is 9.73 Å². The lowest BCUT2D eigenvalue weighted by Gasteiger charge is -2.11. The fourth-order valence-electron chi connectivity index (χ4n) is 2.99. The molecule has 0 spiro atoms. The number of rotatable bonds is 8. The maximum atomic E-state index is 13.1. The predicted octanol–water partition coefficient (Wildman–Crippen LogP) is 3.93. The molecule has 1 amide bonds. The minimum Gasteiger partial charge on any atom is -0.467 e. The van der Waals surface area contributed by atoms with Crippen LogP contribution in [0.5, 0.6) is 0 Å². The average Bonchev–Trinajstić information content (AvgIpc) is 3.43. The minimum absolute atomic E-state index is 0.111. The molecule has 154 valence electrons. The summed E-state index contributed by atoms with van der Waals surface area (Å²) in [5, 5.41) is 3.34. The molecule has 1 aromatic carbocycles. The average molecular weight is 441 g/mol. The molecule has 0 bridgehead atoms. The minimum atomic E-state index is -0.152. The van der Waals surface area contributed by atoms with E-state index >= 15 is 0 Å². The lowest BCUT2D eigenvalue weighted by molar-refractivity contribution is -0.118. The molecule has 0 atom stereocenters. The Morgan fingerprint density at radius 2 is 2.07 bits per heavy atom. The van der Waals surface area contributed by atoms with Gasteiger partial charge in [0.1, 0.15) is 21.7 Å². The molecular weight excluding hydrogens is 420 g/mol. The van der Waals surface area contributed by atoms with E-state index in [0.29, 0.717) is 39.9 Å². The third-order valence-corrected chi connectivity index (χ3v) is 6.21. The van der Waals surface area contributed by atoms with Crippen LogP contribution in [0.2, 0.25) is 0 Å². The van der Waals surface area contributed by atoms with Gasteiger partial charge in [0.15, 0.2) is 5.16 Å². The van der Waals surface area contributed by atoms with Crippen LogP contribution in [0.25, 0.3) is 21.5 Å². The van der Waals surface area contributed by atoms with E-state index in [9.17, 15) is 9.59 Å². The number of fused-ring (bicyclic) bond motifs is 1. The number of hydrogen-bond donors (Lipinski definition) is 1. The van der Waals surface area contributed by atoms with Crippen molar-refractivity contribution in [1.29, 1.82) is 0 Å². The number of nitrogens with zero attached hydrogens (tertiary/aromatic N) is 3. The van der Waals surface area contributed by atoms with Crippen LogP contribution >= 0.6 is 23.3 Å². The number of thioether (sulfide) groups is 1. The zero-order valence-electron chi connectivity index (χ0n) is 16.3. The Morgan fingerprint density at radius 1 is 1.23 bits per heavy atom. The fraction of sp³-hybridized carbons (Fsp3) is 0.238. The summed E-state index contributed by atoms with van der Waals surface area (Å²) in [5.41, 5.74) is 2.08. The van der Waals surface area contributed by atoms with Crippen LogP contribution in [0.3, 0.4) is 0 Å². The first-order chi connectivity index (χ1) is 14.7. The number of carbonyl (C=O) groups is 1. The zero-order chi connectivity index (χ0) is 20.9. The molecule has 9 heteroatoms. The van der Waals surface area contributed by atoms with E-state index in [-0.39, 0.29) is 17.2 Å². The van der Waals surface area contributed by atoms with Crippen molar-refractivity contribution in [3.8, 4) is 11.3 Å². The van der Waals surface area contributed by atoms with Gasteiger partial charge in [0.2, 0.25) is 5.91 Å². The summed E-state index contributed by atoms with van der Waals surface area (Å²) in [5.74, 6) is 0.689. The number of nitrogens with one attached hydrogen (secondary N) is 1. The van der Waals surface area contributed by atoms with Crippen molar-refractivity contribution in [1.82, 2.24) is 19.2 Å². The van der Waals surface area contributed by atoms with Crippen LogP contribution in [0.1, 0.15) is 19.1 Å². The predicted molar refractivity (Wildman–Crippen MR) is 119 cm³/mol. The van der Waals surface area contributed by atoms with Gasteiger partial charge in [-0.2, -0.15) is 4.37 Å². The zero-order valence-corrected chi connectivity index (χ0v) is 18.0. The molecule has 3 aromatic heterocycles. The van der Waals surface area contributed by atoms with Crippen LogP contribution in [-0.2, 0) is 17.9 Å². The summed E-state index contributed by atoms with van der Waals surface area (Å²) in [6.45, 7) is 2.87. The lowest BCUT2D eigenvalue weighted by atomic mass is 10.1. The highest BCUT2D eigenvalue weighted by Gasteiger charge is 2.18. The molecule has 30 heavy (non-hydrogen) atoms. The van der Waals surface area contributed by atoms with Crippen molar-refractivity contribution in [2.24, 2.45) is 0 Å². The number of furan rings is 1. The van der Waals surface area contributed by atoms with E-state index in [0.717, 1.165) is 12.0 Å². The van der Waals surface area contributed by atoms with Gasteiger partial charge >= 0.3 is 0 Å². The highest BCUT2D eigenvalue weighted by atomic mass is 32.2. The van der Waals surface area contributed by atoms with Crippen molar-refractivity contribution < 1.29 is 9.21 Å². The Bertz CT molecular complexity index is 1200. The molecule has 0 unspecified atom stereocenters. The van der Waals surface area contributed by atoms with Gasteiger partial charge in [-0.25, -0.2) is 4.98 Å². The van der Waals surface area contributed by atoms with E-state index in [1.807, 2.05) is 37.3 Å². The number of benzene rings is 1. The normalized spacial score (nSPS) is 11.1. The van der Waals surface area contributed by atoms with E-state index in [2.05, 4.69) is 9.69 Å². The van der Waals surface area contributed by atoms with Crippen molar-refractivity contribution in [3.05, 3.63) is 64.8 Å². The number of hydrogen-bond acceptors (Lipinski definition) is 7. The monoisotopic (exact) mass is 440 g/mol. The standard InChI is InChI=1S/C21H20N4O3S2/c1-2-10-25-20(27)19-18(17(24-30-19)14-7-4-3-5-8-14)23-21(25)29-13-16(26)22-12-15-9-6-11-28-15/h3-9,11H,2,10,12-13H2,1H3,(H,22,26). The van der Waals surface area contributed by atoms with Gasteiger partial charge in [0.25, 0.3) is 5.56 Å². The van der Waals surface area contributed by atoms with Crippen molar-refractivity contribution in [3.63, 3.8) is 0 Å². The Labute approximate surface area is 181 Å². The second kappa shape index (κ2) is 9.27. The van der Waals surface area contributed by atoms with Crippen molar-refractivity contribution >= 4 is 39.4 Å². The highest BCUT2D eigenvalue weighted by Crippen LogP contribution is 2.29. The molecule has 0 aliphatic heterocycles. The molecule has 0 aliphatic rings. The van der Waals surface area contributed by atoms with E-state index < -0.39 is 0 Å². The van der Waals surface area contributed by atoms with Crippen molar-refractivity contribution in [2.45, 2.75) is 31.6 Å². The second-order valence-electron chi connectivity index (χ2n) is 6.57. The molecular formula is C21H20N4O3S2. The topological polar surface area (TPSA) is 90.0 Å². The summed E-state index contributed by atoms with van der Waals surface area (Å²) in [4.78, 5) is 30.1. The van der Waals surface area contributed by atoms with Crippen LogP contribution in [0.15, 0.2) is 63.1 Å². The first kappa shape index (κ1) is 20.4. The third-order valence-electron chi connectivity index (χ3n) is 4.41. The Morgan fingerprint density at radius 3 is 2.80 bits per heavy atom. The first-order valence-electron chi connectivity index (χ1n) is 9.55. The molecule has 1 N–H and O–H groups in total. The summed E-state index contributed by atoms with van der Waals surface area (Å²) >= 11 is 2.42. The fourth-order valence-corrected chi connectivity index (χ4v) is 4.63. The molecule has 3 heterocycles. The van der Waals surface area contributed by atoms with Gasteiger partial charge in [-0.15, -0.1) is 0 Å². The van der Waals surface area contributed by atoms with E-state index in [4.69, 9.17) is 9.40 Å². The molecule has 4 aromatic rings. The SMILES string of the molecule is CCCn1c(SCC(=O)NCc2ccco2)nc2c(-c3ccccc3)nsc2c1=O. The van der Waals surface area contributed by atoms with Crippen LogP contribution in [0.4, 0.5) is 0 Å². The molecule has 0 aliphatic carbocycles. The molecule has 0 saturated heterocycles. The highest BCUT2D eigenvalue weighted by molar-refractivity contribution is 7.99. The number of aromatic nitrogens is 3. The summed E-state index contributed by atoms with van der Waals surface area (Å²) in [6, 6.07) is 13.3. The molecule has 4 rings (SSSR count). The summed E-state index contributed by atoms with van der Waals surface area (Å²) < 4.78 is 11.9. The summed E-state index contributed by atoms with van der Waals surface area (Å²) in [6.07, 6.45) is 2.35.